The molecule has 104 valence electrons. The predicted octanol–water partition coefficient (Wildman–Crippen LogP) is -0.882. The second-order valence-electron chi connectivity index (χ2n) is 4.54. The highest BCUT2D eigenvalue weighted by atomic mass is 16.5. The number of piperidine rings is 1. The summed E-state index contributed by atoms with van der Waals surface area (Å²) in [6, 6.07) is 1.22. The number of amides is 2. The SMILES string of the molecule is NNC(=O)c1cc(CN2CCCCC2C(N)=O)on1. The van der Waals surface area contributed by atoms with Gasteiger partial charge in [-0.25, -0.2) is 5.84 Å². The van der Waals surface area contributed by atoms with E-state index in [9.17, 15) is 9.59 Å². The fraction of sp³-hybridized carbons (Fsp3) is 0.545. The number of hydrazine groups is 1. The molecule has 1 atom stereocenters. The smallest absolute Gasteiger partial charge is 0.287 e. The standard InChI is InChI=1S/C11H17N5O3/c12-10(17)9-3-1-2-4-16(9)6-7-5-8(15-19-7)11(18)14-13/h5,9H,1-4,6,13H2,(H2,12,17)(H,14,18). The average Bonchev–Trinajstić information content (AvgIpc) is 2.86. The molecule has 0 spiro atoms. The summed E-state index contributed by atoms with van der Waals surface area (Å²) in [5.41, 5.74) is 7.47. The minimum atomic E-state index is -0.514. The maximum atomic E-state index is 11.4. The lowest BCUT2D eigenvalue weighted by atomic mass is 10.0. The summed E-state index contributed by atoms with van der Waals surface area (Å²) < 4.78 is 5.06. The van der Waals surface area contributed by atoms with Crippen molar-refractivity contribution < 1.29 is 14.1 Å². The first-order chi connectivity index (χ1) is 9.11. The van der Waals surface area contributed by atoms with Crippen LogP contribution in [0.15, 0.2) is 10.6 Å². The second-order valence-corrected chi connectivity index (χ2v) is 4.54. The van der Waals surface area contributed by atoms with Gasteiger partial charge in [0.2, 0.25) is 5.91 Å². The number of nitrogens with two attached hydrogens (primary N) is 2. The van der Waals surface area contributed by atoms with Gasteiger partial charge in [-0.3, -0.25) is 19.9 Å². The quantitative estimate of drug-likeness (QED) is 0.369. The van der Waals surface area contributed by atoms with E-state index in [0.717, 1.165) is 25.8 Å². The van der Waals surface area contributed by atoms with E-state index in [2.05, 4.69) is 5.16 Å². The number of aromatic nitrogens is 1. The van der Waals surface area contributed by atoms with Crippen molar-refractivity contribution in [2.24, 2.45) is 11.6 Å². The van der Waals surface area contributed by atoms with Crippen LogP contribution in [0.4, 0.5) is 0 Å². The van der Waals surface area contributed by atoms with Gasteiger partial charge >= 0.3 is 0 Å². The average molecular weight is 267 g/mol. The molecule has 5 N–H and O–H groups in total. The number of nitrogens with one attached hydrogen (secondary N) is 1. The van der Waals surface area contributed by atoms with Crippen LogP contribution in [0, 0.1) is 0 Å². The van der Waals surface area contributed by atoms with Crippen LogP contribution >= 0.6 is 0 Å². The number of carbonyl (C=O) groups excluding carboxylic acids is 2. The highest BCUT2D eigenvalue weighted by molar-refractivity contribution is 5.91. The first-order valence-electron chi connectivity index (χ1n) is 6.11. The van der Waals surface area contributed by atoms with Crippen molar-refractivity contribution in [3.8, 4) is 0 Å². The van der Waals surface area contributed by atoms with Gasteiger partial charge in [-0.15, -0.1) is 0 Å². The summed E-state index contributed by atoms with van der Waals surface area (Å²) >= 11 is 0. The Bertz CT molecular complexity index is 473. The van der Waals surface area contributed by atoms with E-state index < -0.39 is 5.91 Å². The molecule has 8 nitrogen and oxygen atoms in total. The van der Waals surface area contributed by atoms with Gasteiger partial charge in [0.1, 0.15) is 0 Å². The maximum absolute atomic E-state index is 11.4. The molecule has 0 radical (unpaired) electrons. The lowest BCUT2D eigenvalue weighted by Gasteiger charge is -2.32. The van der Waals surface area contributed by atoms with Crippen LogP contribution in [0.5, 0.6) is 0 Å². The predicted molar refractivity (Wildman–Crippen MR) is 65.4 cm³/mol. The molecule has 19 heavy (non-hydrogen) atoms. The number of likely N-dealkylation sites (tertiary alicyclic amines) is 1. The van der Waals surface area contributed by atoms with Gasteiger partial charge in [-0.2, -0.15) is 0 Å². The minimum absolute atomic E-state index is 0.116. The van der Waals surface area contributed by atoms with Crippen LogP contribution < -0.4 is 17.0 Å². The highest BCUT2D eigenvalue weighted by Crippen LogP contribution is 2.19. The Hall–Kier alpha value is -1.93. The van der Waals surface area contributed by atoms with Gasteiger partial charge in [-0.1, -0.05) is 11.6 Å². The van der Waals surface area contributed by atoms with Crippen molar-refractivity contribution in [2.75, 3.05) is 6.54 Å². The first kappa shape index (κ1) is 13.5. The molecule has 1 aromatic rings. The molecule has 2 rings (SSSR count). The van der Waals surface area contributed by atoms with Gasteiger partial charge in [0.15, 0.2) is 11.5 Å². The number of nitrogen functional groups attached to an aromatic ring is 1. The molecule has 0 aromatic carbocycles. The molecule has 2 amide bonds. The van der Waals surface area contributed by atoms with Crippen molar-refractivity contribution in [2.45, 2.75) is 31.8 Å². The molecule has 2 heterocycles. The Balaban J connectivity index is 2.04. The summed E-state index contributed by atoms with van der Waals surface area (Å²) in [7, 11) is 0. The van der Waals surface area contributed by atoms with Crippen molar-refractivity contribution in [1.82, 2.24) is 15.5 Å². The van der Waals surface area contributed by atoms with Crippen LogP contribution in [0.25, 0.3) is 0 Å². The molecule has 1 aliphatic rings. The molecule has 1 saturated heterocycles. The van der Waals surface area contributed by atoms with Gasteiger partial charge in [0, 0.05) is 6.07 Å². The van der Waals surface area contributed by atoms with Crippen molar-refractivity contribution in [1.29, 1.82) is 0 Å². The molecule has 8 heteroatoms. The lowest BCUT2D eigenvalue weighted by Crippen LogP contribution is -2.47. The van der Waals surface area contributed by atoms with Crippen molar-refractivity contribution >= 4 is 11.8 Å². The first-order valence-corrected chi connectivity index (χ1v) is 6.11. The molecule has 0 bridgehead atoms. The van der Waals surface area contributed by atoms with Crippen molar-refractivity contribution in [3.63, 3.8) is 0 Å². The molecule has 1 unspecified atom stereocenters. The molecule has 0 aliphatic carbocycles. The number of hydrogen-bond donors (Lipinski definition) is 3. The Morgan fingerprint density at radius 1 is 1.53 bits per heavy atom. The van der Waals surface area contributed by atoms with Gasteiger partial charge in [-0.05, 0) is 19.4 Å². The summed E-state index contributed by atoms with van der Waals surface area (Å²) in [6.45, 7) is 1.17. The topological polar surface area (TPSA) is 127 Å². The lowest BCUT2D eigenvalue weighted by molar-refractivity contribution is -0.124. The molecule has 1 fully saturated rings. The summed E-state index contributed by atoms with van der Waals surface area (Å²) in [4.78, 5) is 24.6. The second kappa shape index (κ2) is 5.81. The van der Waals surface area contributed by atoms with Crippen LogP contribution in [0.1, 0.15) is 35.5 Å². The molecular formula is C11H17N5O3. The van der Waals surface area contributed by atoms with E-state index >= 15 is 0 Å². The zero-order valence-corrected chi connectivity index (χ0v) is 10.5. The normalized spacial score (nSPS) is 20.2. The van der Waals surface area contributed by atoms with Gasteiger partial charge < -0.3 is 10.3 Å². The number of nitrogens with zero attached hydrogens (tertiary/aromatic N) is 2. The summed E-state index contributed by atoms with van der Waals surface area (Å²) in [5.74, 6) is 4.66. The molecule has 1 aromatic heterocycles. The maximum Gasteiger partial charge on any atom is 0.287 e. The fourth-order valence-electron chi connectivity index (χ4n) is 2.27. The van der Waals surface area contributed by atoms with Crippen LogP contribution in [0.3, 0.4) is 0 Å². The Morgan fingerprint density at radius 3 is 3.00 bits per heavy atom. The summed E-state index contributed by atoms with van der Waals surface area (Å²) in [6.07, 6.45) is 2.75. The van der Waals surface area contributed by atoms with E-state index in [1.54, 1.807) is 0 Å². The van der Waals surface area contributed by atoms with E-state index in [-0.39, 0.29) is 17.6 Å². The number of rotatable bonds is 4. The number of primary amides is 1. The van der Waals surface area contributed by atoms with Gasteiger partial charge in [0.25, 0.3) is 5.91 Å². The monoisotopic (exact) mass is 267 g/mol. The third kappa shape index (κ3) is 3.09. The Morgan fingerprint density at radius 2 is 2.32 bits per heavy atom. The van der Waals surface area contributed by atoms with E-state index in [1.165, 1.54) is 6.07 Å². The zero-order valence-electron chi connectivity index (χ0n) is 10.5. The number of carbonyl (C=O) groups is 2. The molecule has 0 saturated carbocycles. The number of hydrogen-bond acceptors (Lipinski definition) is 6. The molecular weight excluding hydrogens is 250 g/mol. The third-order valence-electron chi connectivity index (χ3n) is 3.22. The third-order valence-corrected chi connectivity index (χ3v) is 3.22. The van der Waals surface area contributed by atoms with Gasteiger partial charge in [0.05, 0.1) is 12.6 Å². The highest BCUT2D eigenvalue weighted by Gasteiger charge is 2.28. The van der Waals surface area contributed by atoms with Crippen LogP contribution in [0.2, 0.25) is 0 Å². The van der Waals surface area contributed by atoms with Crippen LogP contribution in [-0.2, 0) is 11.3 Å². The largest absolute Gasteiger partial charge is 0.368 e. The van der Waals surface area contributed by atoms with E-state index in [1.807, 2.05) is 10.3 Å². The minimum Gasteiger partial charge on any atom is -0.368 e. The molecule has 1 aliphatic heterocycles. The van der Waals surface area contributed by atoms with Crippen LogP contribution in [-0.4, -0.2) is 34.5 Å². The summed E-state index contributed by atoms with van der Waals surface area (Å²) in [5, 5.41) is 3.61. The van der Waals surface area contributed by atoms with E-state index in [0.29, 0.717) is 12.3 Å². The van der Waals surface area contributed by atoms with E-state index in [4.69, 9.17) is 16.1 Å². The Kier molecular flexibility index (Phi) is 4.13. The zero-order chi connectivity index (χ0) is 13.8. The Labute approximate surface area is 110 Å². The fourth-order valence-corrected chi connectivity index (χ4v) is 2.27. The van der Waals surface area contributed by atoms with Crippen molar-refractivity contribution in [3.05, 3.63) is 17.5 Å².